The highest BCUT2D eigenvalue weighted by Crippen LogP contribution is 2.31. The number of H-pyrrole nitrogens is 1. The molecule has 2 heterocycles. The molecule has 1 aliphatic rings. The van der Waals surface area contributed by atoms with Crippen LogP contribution in [0.5, 0.6) is 0 Å². The number of hydrogen-bond acceptors (Lipinski definition) is 2. The summed E-state index contributed by atoms with van der Waals surface area (Å²) in [7, 11) is 2.07. The van der Waals surface area contributed by atoms with E-state index < -0.39 is 0 Å². The third kappa shape index (κ3) is 2.40. The van der Waals surface area contributed by atoms with Gasteiger partial charge in [0.05, 0.1) is 0 Å². The van der Waals surface area contributed by atoms with Crippen molar-refractivity contribution in [3.8, 4) is 0 Å². The average molecular weight is 257 g/mol. The van der Waals surface area contributed by atoms with E-state index in [2.05, 4.69) is 53.9 Å². The Balaban J connectivity index is 1.93. The molecule has 1 aromatic heterocycles. The maximum atomic E-state index is 3.60. The average Bonchev–Trinajstić information content (AvgIpc) is 3.02. The van der Waals surface area contributed by atoms with Crippen LogP contribution in [0.15, 0.2) is 24.3 Å². The van der Waals surface area contributed by atoms with Crippen LogP contribution in [0.4, 0.5) is 0 Å². The topological polar surface area (TPSA) is 39.8 Å². The van der Waals surface area contributed by atoms with E-state index in [4.69, 9.17) is 0 Å². The molecule has 0 spiro atoms. The van der Waals surface area contributed by atoms with Crippen LogP contribution in [0.1, 0.15) is 36.6 Å². The number of aromatic nitrogens is 1. The monoisotopic (exact) mass is 257 g/mol. The van der Waals surface area contributed by atoms with E-state index in [1.165, 1.54) is 48.0 Å². The molecule has 3 nitrogen and oxygen atoms in total. The van der Waals surface area contributed by atoms with Crippen molar-refractivity contribution < 1.29 is 0 Å². The number of aromatic amines is 1. The highest BCUT2D eigenvalue weighted by Gasteiger charge is 2.23. The second-order valence-corrected chi connectivity index (χ2v) is 5.58. The van der Waals surface area contributed by atoms with Crippen LogP contribution in [-0.4, -0.2) is 24.6 Å². The van der Waals surface area contributed by atoms with E-state index in [1.54, 1.807) is 0 Å². The Morgan fingerprint density at radius 2 is 2.21 bits per heavy atom. The van der Waals surface area contributed by atoms with Gasteiger partial charge in [-0.1, -0.05) is 18.2 Å². The van der Waals surface area contributed by atoms with Gasteiger partial charge in [-0.25, -0.2) is 0 Å². The fourth-order valence-corrected chi connectivity index (χ4v) is 3.37. The summed E-state index contributed by atoms with van der Waals surface area (Å²) in [6, 6.07) is 9.68. The fraction of sp³-hybridized carbons (Fsp3) is 0.500. The Morgan fingerprint density at radius 3 is 2.95 bits per heavy atom. The molecule has 1 saturated heterocycles. The lowest BCUT2D eigenvalue weighted by molar-refractivity contribution is 0.454. The minimum atomic E-state index is 0.423. The lowest BCUT2D eigenvalue weighted by atomic mass is 9.96. The lowest BCUT2D eigenvalue weighted by Crippen LogP contribution is -2.28. The maximum Gasteiger partial charge on any atom is 0.0459 e. The number of para-hydroxylation sites is 1. The molecule has 2 atom stereocenters. The SMILES string of the molecule is CNC(CC1CCCN1)c1c(C)[nH]c2ccccc12. The van der Waals surface area contributed by atoms with Gasteiger partial charge in [-0.2, -0.15) is 0 Å². The predicted molar refractivity (Wildman–Crippen MR) is 80.5 cm³/mol. The Hall–Kier alpha value is -1.32. The summed E-state index contributed by atoms with van der Waals surface area (Å²) in [5.41, 5.74) is 3.97. The van der Waals surface area contributed by atoms with Crippen molar-refractivity contribution in [3.05, 3.63) is 35.5 Å². The molecule has 102 valence electrons. The van der Waals surface area contributed by atoms with Crippen molar-refractivity contribution in [3.63, 3.8) is 0 Å². The molecule has 0 radical (unpaired) electrons. The first-order chi connectivity index (χ1) is 9.29. The first-order valence-electron chi connectivity index (χ1n) is 7.27. The van der Waals surface area contributed by atoms with Crippen molar-refractivity contribution in [2.75, 3.05) is 13.6 Å². The smallest absolute Gasteiger partial charge is 0.0459 e. The second kappa shape index (κ2) is 5.35. The molecule has 3 rings (SSSR count). The zero-order valence-corrected chi connectivity index (χ0v) is 11.8. The molecule has 3 N–H and O–H groups in total. The van der Waals surface area contributed by atoms with E-state index in [1.807, 2.05) is 0 Å². The van der Waals surface area contributed by atoms with Crippen molar-refractivity contribution in [1.29, 1.82) is 0 Å². The summed E-state index contributed by atoms with van der Waals surface area (Å²) in [4.78, 5) is 3.51. The molecular weight excluding hydrogens is 234 g/mol. The molecule has 2 aromatic rings. The van der Waals surface area contributed by atoms with Gasteiger partial charge >= 0.3 is 0 Å². The second-order valence-electron chi connectivity index (χ2n) is 5.58. The lowest BCUT2D eigenvalue weighted by Gasteiger charge is -2.21. The van der Waals surface area contributed by atoms with Gasteiger partial charge in [-0.3, -0.25) is 0 Å². The minimum absolute atomic E-state index is 0.423. The Bertz CT molecular complexity index is 552. The van der Waals surface area contributed by atoms with Gasteiger partial charge in [0.1, 0.15) is 0 Å². The van der Waals surface area contributed by atoms with Gasteiger partial charge in [0, 0.05) is 28.7 Å². The fourth-order valence-electron chi connectivity index (χ4n) is 3.37. The number of hydrogen-bond donors (Lipinski definition) is 3. The molecule has 0 bridgehead atoms. The summed E-state index contributed by atoms with van der Waals surface area (Å²) in [6.45, 7) is 3.36. The van der Waals surface area contributed by atoms with E-state index >= 15 is 0 Å². The van der Waals surface area contributed by atoms with Crippen LogP contribution < -0.4 is 10.6 Å². The summed E-state index contributed by atoms with van der Waals surface area (Å²) in [5, 5.41) is 8.46. The molecule has 3 heteroatoms. The van der Waals surface area contributed by atoms with Crippen molar-refractivity contribution in [2.24, 2.45) is 0 Å². The molecular formula is C16H23N3. The number of benzene rings is 1. The van der Waals surface area contributed by atoms with Gasteiger partial charge in [0.15, 0.2) is 0 Å². The largest absolute Gasteiger partial charge is 0.358 e. The number of nitrogens with one attached hydrogen (secondary N) is 3. The highest BCUT2D eigenvalue weighted by molar-refractivity contribution is 5.85. The first kappa shape index (κ1) is 12.7. The third-order valence-corrected chi connectivity index (χ3v) is 4.32. The van der Waals surface area contributed by atoms with E-state index in [0.717, 1.165) is 0 Å². The number of rotatable bonds is 4. The first-order valence-corrected chi connectivity index (χ1v) is 7.27. The third-order valence-electron chi connectivity index (χ3n) is 4.32. The van der Waals surface area contributed by atoms with Crippen LogP contribution in [0.2, 0.25) is 0 Å². The summed E-state index contributed by atoms with van der Waals surface area (Å²) in [5.74, 6) is 0. The van der Waals surface area contributed by atoms with E-state index in [-0.39, 0.29) is 0 Å². The molecule has 19 heavy (non-hydrogen) atoms. The summed E-state index contributed by atoms with van der Waals surface area (Å²) in [6.07, 6.45) is 3.78. The molecule has 1 aliphatic heterocycles. The summed E-state index contributed by atoms with van der Waals surface area (Å²) < 4.78 is 0. The number of aryl methyl sites for hydroxylation is 1. The molecule has 1 fully saturated rings. The highest BCUT2D eigenvalue weighted by atomic mass is 15.0. The standard InChI is InChI=1S/C16H23N3/c1-11-16(13-7-3-4-8-14(13)19-11)15(17-2)10-12-6-5-9-18-12/h3-4,7-8,12,15,17-19H,5-6,9-10H2,1-2H3. The van der Waals surface area contributed by atoms with Crippen LogP contribution in [-0.2, 0) is 0 Å². The number of fused-ring (bicyclic) bond motifs is 1. The predicted octanol–water partition coefficient (Wildman–Crippen LogP) is 2.88. The zero-order chi connectivity index (χ0) is 13.2. The molecule has 0 amide bonds. The quantitative estimate of drug-likeness (QED) is 0.788. The van der Waals surface area contributed by atoms with Crippen molar-refractivity contribution in [2.45, 2.75) is 38.3 Å². The minimum Gasteiger partial charge on any atom is -0.358 e. The summed E-state index contributed by atoms with van der Waals surface area (Å²) >= 11 is 0. The Morgan fingerprint density at radius 1 is 1.37 bits per heavy atom. The Kier molecular flexibility index (Phi) is 3.58. The van der Waals surface area contributed by atoms with Crippen molar-refractivity contribution in [1.82, 2.24) is 15.6 Å². The van der Waals surface area contributed by atoms with E-state index in [9.17, 15) is 0 Å². The molecule has 2 unspecified atom stereocenters. The normalized spacial score (nSPS) is 21.1. The van der Waals surface area contributed by atoms with Gasteiger partial charge in [-0.05, 0) is 51.4 Å². The van der Waals surface area contributed by atoms with Crippen molar-refractivity contribution >= 4 is 10.9 Å². The molecule has 1 aromatic carbocycles. The maximum absolute atomic E-state index is 3.60. The van der Waals surface area contributed by atoms with Crippen LogP contribution in [0, 0.1) is 6.92 Å². The zero-order valence-electron chi connectivity index (χ0n) is 11.8. The van der Waals surface area contributed by atoms with Gasteiger partial charge in [0.25, 0.3) is 0 Å². The van der Waals surface area contributed by atoms with Gasteiger partial charge in [-0.15, -0.1) is 0 Å². The van der Waals surface area contributed by atoms with Crippen LogP contribution >= 0.6 is 0 Å². The molecule has 0 saturated carbocycles. The Labute approximate surface area is 114 Å². The van der Waals surface area contributed by atoms with Gasteiger partial charge in [0.2, 0.25) is 0 Å². The van der Waals surface area contributed by atoms with Crippen LogP contribution in [0.3, 0.4) is 0 Å². The molecule has 0 aliphatic carbocycles. The van der Waals surface area contributed by atoms with Gasteiger partial charge < -0.3 is 15.6 Å². The van der Waals surface area contributed by atoms with Crippen LogP contribution in [0.25, 0.3) is 10.9 Å². The van der Waals surface area contributed by atoms with E-state index in [0.29, 0.717) is 12.1 Å².